The van der Waals surface area contributed by atoms with Gasteiger partial charge in [0.05, 0.1) is 11.2 Å². The van der Waals surface area contributed by atoms with Crippen molar-refractivity contribution in [1.82, 2.24) is 0 Å². The molecule has 0 radical (unpaired) electrons. The summed E-state index contributed by atoms with van der Waals surface area (Å²) in [6, 6.07) is 0. The van der Waals surface area contributed by atoms with Crippen molar-refractivity contribution in [2.75, 3.05) is 0 Å². The zero-order valence-electron chi connectivity index (χ0n) is 15.0. The smallest absolute Gasteiger partial charge is 0.0978 e. The highest BCUT2D eigenvalue weighted by atomic mass is 16.3. The highest BCUT2D eigenvalue weighted by molar-refractivity contribution is 5.17. The van der Waals surface area contributed by atoms with Crippen LogP contribution >= 0.6 is 0 Å². The van der Waals surface area contributed by atoms with E-state index >= 15 is 0 Å². The summed E-state index contributed by atoms with van der Waals surface area (Å²) in [7, 11) is 0. The van der Waals surface area contributed by atoms with Crippen molar-refractivity contribution in [2.24, 2.45) is 22.7 Å². The van der Waals surface area contributed by atoms with Crippen LogP contribution in [0.4, 0.5) is 0 Å². The molecule has 2 heteroatoms. The SMILES string of the molecule is C=CC(C)(O)C=CC1C(C)(O)CCC2C(C)(C)CCCC21C. The second-order valence-corrected chi connectivity index (χ2v) is 9.06. The Bertz CT molecular complexity index is 458. The van der Waals surface area contributed by atoms with E-state index in [1.807, 2.05) is 13.0 Å². The van der Waals surface area contributed by atoms with Crippen molar-refractivity contribution in [3.05, 3.63) is 24.8 Å². The molecule has 2 N–H and O–H groups in total. The summed E-state index contributed by atoms with van der Waals surface area (Å²) in [6.45, 7) is 14.5. The van der Waals surface area contributed by atoms with Crippen molar-refractivity contribution in [1.29, 1.82) is 0 Å². The van der Waals surface area contributed by atoms with Gasteiger partial charge in [-0.05, 0) is 56.3 Å². The fourth-order valence-electron chi connectivity index (χ4n) is 5.35. The molecular weight excluding hydrogens is 272 g/mol. The monoisotopic (exact) mass is 306 g/mol. The van der Waals surface area contributed by atoms with Crippen LogP contribution in [0.2, 0.25) is 0 Å². The molecule has 5 unspecified atom stereocenters. The summed E-state index contributed by atoms with van der Waals surface area (Å²) < 4.78 is 0. The van der Waals surface area contributed by atoms with E-state index in [-0.39, 0.29) is 11.3 Å². The maximum absolute atomic E-state index is 11.0. The molecule has 0 aliphatic heterocycles. The first-order chi connectivity index (χ1) is 9.95. The van der Waals surface area contributed by atoms with Gasteiger partial charge >= 0.3 is 0 Å². The van der Waals surface area contributed by atoms with Crippen molar-refractivity contribution < 1.29 is 10.2 Å². The van der Waals surface area contributed by atoms with Gasteiger partial charge in [0, 0.05) is 5.92 Å². The third kappa shape index (κ3) is 3.05. The molecule has 2 aliphatic rings. The Kier molecular flexibility index (Phi) is 4.43. The maximum atomic E-state index is 11.0. The van der Waals surface area contributed by atoms with Crippen LogP contribution in [-0.4, -0.2) is 21.4 Å². The molecule has 126 valence electrons. The largest absolute Gasteiger partial charge is 0.390 e. The van der Waals surface area contributed by atoms with Crippen LogP contribution in [-0.2, 0) is 0 Å². The van der Waals surface area contributed by atoms with E-state index in [4.69, 9.17) is 0 Å². The predicted molar refractivity (Wildman–Crippen MR) is 92.5 cm³/mol. The van der Waals surface area contributed by atoms with Gasteiger partial charge in [-0.3, -0.25) is 0 Å². The molecule has 0 aromatic rings. The maximum Gasteiger partial charge on any atom is 0.0978 e. The molecular formula is C20H34O2. The summed E-state index contributed by atoms with van der Waals surface area (Å²) in [5.41, 5.74) is -1.29. The molecule has 2 aliphatic carbocycles. The Morgan fingerprint density at radius 3 is 2.36 bits per heavy atom. The number of hydrogen-bond acceptors (Lipinski definition) is 2. The lowest BCUT2D eigenvalue weighted by Gasteiger charge is -2.60. The van der Waals surface area contributed by atoms with E-state index in [1.165, 1.54) is 12.8 Å². The highest BCUT2D eigenvalue weighted by Gasteiger charge is 2.57. The van der Waals surface area contributed by atoms with Crippen LogP contribution in [0, 0.1) is 22.7 Å². The number of fused-ring (bicyclic) bond motifs is 1. The van der Waals surface area contributed by atoms with Gasteiger partial charge in [0.15, 0.2) is 0 Å². The Balaban J connectivity index is 2.40. The average molecular weight is 306 g/mol. The van der Waals surface area contributed by atoms with Crippen LogP contribution in [0.25, 0.3) is 0 Å². The van der Waals surface area contributed by atoms with E-state index < -0.39 is 11.2 Å². The minimum absolute atomic E-state index is 0.0738. The molecule has 0 bridgehead atoms. The van der Waals surface area contributed by atoms with Crippen LogP contribution in [0.1, 0.15) is 66.7 Å². The predicted octanol–water partition coefficient (Wildman–Crippen LogP) is 4.47. The molecule has 5 atom stereocenters. The summed E-state index contributed by atoms with van der Waals surface area (Å²) in [6.07, 6.45) is 11.0. The summed E-state index contributed by atoms with van der Waals surface area (Å²) in [5, 5.41) is 21.2. The number of rotatable bonds is 3. The quantitative estimate of drug-likeness (QED) is 0.755. The third-order valence-electron chi connectivity index (χ3n) is 6.63. The van der Waals surface area contributed by atoms with Gasteiger partial charge in [0.25, 0.3) is 0 Å². The van der Waals surface area contributed by atoms with Gasteiger partial charge in [-0.2, -0.15) is 0 Å². The fourth-order valence-corrected chi connectivity index (χ4v) is 5.35. The second-order valence-electron chi connectivity index (χ2n) is 9.06. The Labute approximate surface area is 136 Å². The van der Waals surface area contributed by atoms with Gasteiger partial charge in [-0.15, -0.1) is 0 Å². The van der Waals surface area contributed by atoms with Crippen LogP contribution in [0.15, 0.2) is 24.8 Å². The molecule has 0 spiro atoms. The van der Waals surface area contributed by atoms with Gasteiger partial charge in [0.1, 0.15) is 0 Å². The topological polar surface area (TPSA) is 40.5 Å². The molecule has 0 heterocycles. The fraction of sp³-hybridized carbons (Fsp3) is 0.800. The number of hydrogen-bond donors (Lipinski definition) is 2. The summed E-state index contributed by atoms with van der Waals surface area (Å²) >= 11 is 0. The Morgan fingerprint density at radius 2 is 1.77 bits per heavy atom. The molecule has 0 aromatic carbocycles. The minimum atomic E-state index is -1.01. The van der Waals surface area contributed by atoms with Crippen molar-refractivity contribution >= 4 is 0 Å². The van der Waals surface area contributed by atoms with Crippen LogP contribution in [0.3, 0.4) is 0 Å². The number of aliphatic hydroxyl groups is 2. The molecule has 2 nitrogen and oxygen atoms in total. The molecule has 22 heavy (non-hydrogen) atoms. The van der Waals surface area contributed by atoms with Crippen molar-refractivity contribution in [2.45, 2.75) is 77.9 Å². The van der Waals surface area contributed by atoms with E-state index in [2.05, 4.69) is 33.4 Å². The van der Waals surface area contributed by atoms with Crippen LogP contribution in [0.5, 0.6) is 0 Å². The van der Waals surface area contributed by atoms with Gasteiger partial charge < -0.3 is 10.2 Å². The standard InChI is InChI=1S/C20H34O2/c1-7-18(4,21)13-9-16-19(5)12-8-11-17(2,3)15(19)10-14-20(16,6)22/h7,9,13,15-16,21-22H,1,8,10-12,14H2,2-6H3. The molecule has 0 amide bonds. The van der Waals surface area contributed by atoms with Gasteiger partial charge in [-0.1, -0.05) is 52.0 Å². The lowest BCUT2D eigenvalue weighted by atomic mass is 9.45. The molecule has 2 saturated carbocycles. The second kappa shape index (κ2) is 5.49. The van der Waals surface area contributed by atoms with Crippen molar-refractivity contribution in [3.8, 4) is 0 Å². The molecule has 0 saturated heterocycles. The highest BCUT2D eigenvalue weighted by Crippen LogP contribution is 2.62. The minimum Gasteiger partial charge on any atom is -0.390 e. The van der Waals surface area contributed by atoms with E-state index in [9.17, 15) is 10.2 Å². The third-order valence-corrected chi connectivity index (χ3v) is 6.63. The van der Waals surface area contributed by atoms with E-state index in [0.29, 0.717) is 11.3 Å². The lowest BCUT2D eigenvalue weighted by molar-refractivity contribution is -0.149. The Morgan fingerprint density at radius 1 is 1.14 bits per heavy atom. The summed E-state index contributed by atoms with van der Waals surface area (Å²) in [5.74, 6) is 0.696. The first-order valence-corrected chi connectivity index (χ1v) is 8.72. The molecule has 2 rings (SSSR count). The van der Waals surface area contributed by atoms with Gasteiger partial charge in [-0.25, -0.2) is 0 Å². The zero-order valence-corrected chi connectivity index (χ0v) is 15.0. The zero-order chi connectivity index (χ0) is 16.8. The average Bonchev–Trinajstić information content (AvgIpc) is 2.35. The first-order valence-electron chi connectivity index (χ1n) is 8.72. The molecule has 2 fully saturated rings. The van der Waals surface area contributed by atoms with Gasteiger partial charge in [0.2, 0.25) is 0 Å². The van der Waals surface area contributed by atoms with E-state index in [0.717, 1.165) is 19.3 Å². The normalized spacial score (nSPS) is 44.3. The summed E-state index contributed by atoms with van der Waals surface area (Å²) in [4.78, 5) is 0. The first kappa shape index (κ1) is 17.7. The molecule has 0 aromatic heterocycles. The van der Waals surface area contributed by atoms with Crippen LogP contribution < -0.4 is 0 Å². The Hall–Kier alpha value is -0.600. The van der Waals surface area contributed by atoms with E-state index in [1.54, 1.807) is 13.0 Å². The van der Waals surface area contributed by atoms with Crippen molar-refractivity contribution in [3.63, 3.8) is 0 Å². The lowest BCUT2D eigenvalue weighted by Crippen LogP contribution is -2.57.